The van der Waals surface area contributed by atoms with Gasteiger partial charge >= 0.3 is 5.97 Å². The molecule has 0 saturated heterocycles. The smallest absolute Gasteiger partial charge is 0.341 e. The molecule has 0 atom stereocenters. The van der Waals surface area contributed by atoms with Crippen molar-refractivity contribution in [3.05, 3.63) is 29.3 Å². The van der Waals surface area contributed by atoms with Gasteiger partial charge in [-0.1, -0.05) is 0 Å². The predicted molar refractivity (Wildman–Crippen MR) is 49.1 cm³/mol. The van der Waals surface area contributed by atoms with Crippen molar-refractivity contribution < 1.29 is 26.7 Å². The number of hydrogen-bond acceptors (Lipinski definition) is 4. The first-order chi connectivity index (χ1) is 7.27. The minimum absolute atomic E-state index is 0.386. The summed E-state index contributed by atoms with van der Waals surface area (Å²) in [6.07, 6.45) is 0. The van der Waals surface area contributed by atoms with Gasteiger partial charge in [-0.3, -0.25) is 0 Å². The number of nitrogens with two attached hydrogens (primary N) is 1. The number of halogens is 2. The first-order valence-corrected chi connectivity index (χ1v) is 5.42. The molecule has 1 aromatic rings. The third-order valence-electron chi connectivity index (χ3n) is 1.74. The van der Waals surface area contributed by atoms with Gasteiger partial charge in [0.1, 0.15) is 0 Å². The van der Waals surface area contributed by atoms with Crippen LogP contribution < -0.4 is 5.14 Å². The minimum Gasteiger partial charge on any atom is -0.465 e. The number of hydrogen-bond donors (Lipinski definition) is 1. The molecule has 0 aliphatic carbocycles. The SMILES string of the molecule is COC(=O)c1cc(S(N)(=O)=O)cc(F)c1F. The zero-order chi connectivity index (χ0) is 12.5. The minimum atomic E-state index is -4.22. The summed E-state index contributed by atoms with van der Waals surface area (Å²) in [6.45, 7) is 0. The maximum Gasteiger partial charge on any atom is 0.341 e. The first kappa shape index (κ1) is 12.5. The Labute approximate surface area is 89.9 Å². The lowest BCUT2D eigenvalue weighted by molar-refractivity contribution is 0.0594. The molecule has 0 aliphatic heterocycles. The molecule has 0 bridgehead atoms. The molecule has 0 spiro atoms. The Hall–Kier alpha value is -1.54. The number of carbonyl (C=O) groups is 1. The Kier molecular flexibility index (Phi) is 3.24. The molecule has 0 amide bonds. The number of primary sulfonamides is 1. The van der Waals surface area contributed by atoms with Gasteiger partial charge in [0.15, 0.2) is 11.6 Å². The fourth-order valence-corrected chi connectivity index (χ4v) is 1.54. The fraction of sp³-hybridized carbons (Fsp3) is 0.125. The van der Waals surface area contributed by atoms with Crippen LogP contribution in [0.5, 0.6) is 0 Å². The molecule has 0 heterocycles. The Morgan fingerprint density at radius 1 is 1.38 bits per heavy atom. The van der Waals surface area contributed by atoms with Crippen LogP contribution in [0.1, 0.15) is 10.4 Å². The highest BCUT2D eigenvalue weighted by atomic mass is 32.2. The van der Waals surface area contributed by atoms with Crippen LogP contribution in [0.15, 0.2) is 17.0 Å². The summed E-state index contributed by atoms with van der Waals surface area (Å²) in [6, 6.07) is 0.997. The van der Waals surface area contributed by atoms with Gasteiger partial charge in [-0.25, -0.2) is 27.1 Å². The average molecular weight is 251 g/mol. The zero-order valence-electron chi connectivity index (χ0n) is 8.03. The quantitative estimate of drug-likeness (QED) is 0.771. The van der Waals surface area contributed by atoms with Crippen LogP contribution in [-0.4, -0.2) is 21.5 Å². The number of ether oxygens (including phenoxy) is 1. The van der Waals surface area contributed by atoms with Gasteiger partial charge in [0, 0.05) is 0 Å². The van der Waals surface area contributed by atoms with Crippen molar-refractivity contribution >= 4 is 16.0 Å². The largest absolute Gasteiger partial charge is 0.465 e. The van der Waals surface area contributed by atoms with E-state index < -0.39 is 38.1 Å². The third kappa shape index (κ3) is 2.34. The molecule has 8 heteroatoms. The van der Waals surface area contributed by atoms with Gasteiger partial charge in [-0.2, -0.15) is 0 Å². The van der Waals surface area contributed by atoms with Crippen LogP contribution in [0.25, 0.3) is 0 Å². The summed E-state index contributed by atoms with van der Waals surface area (Å²) < 4.78 is 52.0. The highest BCUT2D eigenvalue weighted by Crippen LogP contribution is 2.18. The third-order valence-corrected chi connectivity index (χ3v) is 2.63. The maximum atomic E-state index is 13.1. The van der Waals surface area contributed by atoms with E-state index in [1.165, 1.54) is 0 Å². The van der Waals surface area contributed by atoms with Crippen molar-refractivity contribution in [2.24, 2.45) is 5.14 Å². The summed E-state index contributed by atoms with van der Waals surface area (Å²) >= 11 is 0. The van der Waals surface area contributed by atoms with E-state index in [-0.39, 0.29) is 0 Å². The van der Waals surface area contributed by atoms with Gasteiger partial charge in [0.25, 0.3) is 0 Å². The van der Waals surface area contributed by atoms with Crippen molar-refractivity contribution in [2.45, 2.75) is 4.90 Å². The lowest BCUT2D eigenvalue weighted by Crippen LogP contribution is -2.15. The molecule has 0 unspecified atom stereocenters. The number of sulfonamides is 1. The standard InChI is InChI=1S/C8H7F2NO4S/c1-15-8(12)5-2-4(16(11,13)14)3-6(9)7(5)10/h2-3H,1H3,(H2,11,13,14). The van der Waals surface area contributed by atoms with E-state index >= 15 is 0 Å². The Balaban J connectivity index is 3.51. The van der Waals surface area contributed by atoms with E-state index in [2.05, 4.69) is 4.74 Å². The van der Waals surface area contributed by atoms with E-state index in [1.807, 2.05) is 0 Å². The second-order valence-corrected chi connectivity index (χ2v) is 4.36. The van der Waals surface area contributed by atoms with Crippen molar-refractivity contribution in [1.29, 1.82) is 0 Å². The Bertz CT molecular complexity index is 541. The lowest BCUT2D eigenvalue weighted by atomic mass is 10.2. The van der Waals surface area contributed by atoms with Crippen molar-refractivity contribution in [2.75, 3.05) is 7.11 Å². The fourth-order valence-electron chi connectivity index (χ4n) is 0.987. The molecule has 0 aromatic heterocycles. The molecule has 1 aromatic carbocycles. The second kappa shape index (κ2) is 4.14. The average Bonchev–Trinajstić information content (AvgIpc) is 2.19. The zero-order valence-corrected chi connectivity index (χ0v) is 8.85. The van der Waals surface area contributed by atoms with E-state index in [4.69, 9.17) is 5.14 Å². The summed E-state index contributed by atoms with van der Waals surface area (Å²) in [5.74, 6) is -4.17. The van der Waals surface area contributed by atoms with Crippen LogP contribution >= 0.6 is 0 Å². The van der Waals surface area contributed by atoms with Gasteiger partial charge in [0.2, 0.25) is 10.0 Å². The molecular formula is C8H7F2NO4S. The number of benzene rings is 1. The van der Waals surface area contributed by atoms with Crippen LogP contribution in [0.3, 0.4) is 0 Å². The maximum absolute atomic E-state index is 13.1. The monoisotopic (exact) mass is 251 g/mol. The van der Waals surface area contributed by atoms with Crippen LogP contribution in [0, 0.1) is 11.6 Å². The molecular weight excluding hydrogens is 244 g/mol. The van der Waals surface area contributed by atoms with Crippen LogP contribution in [-0.2, 0) is 14.8 Å². The molecule has 1 rings (SSSR count). The topological polar surface area (TPSA) is 86.5 Å². The molecule has 16 heavy (non-hydrogen) atoms. The van der Waals surface area contributed by atoms with Gasteiger partial charge in [0.05, 0.1) is 17.6 Å². The van der Waals surface area contributed by atoms with Gasteiger partial charge in [-0.05, 0) is 12.1 Å². The number of rotatable bonds is 2. The molecule has 0 saturated carbocycles. The molecule has 88 valence electrons. The highest BCUT2D eigenvalue weighted by Gasteiger charge is 2.21. The summed E-state index contributed by atoms with van der Waals surface area (Å²) in [5.41, 5.74) is -0.827. The highest BCUT2D eigenvalue weighted by molar-refractivity contribution is 7.89. The number of esters is 1. The summed E-state index contributed by atoms with van der Waals surface area (Å²) in [7, 11) is -3.27. The van der Waals surface area contributed by atoms with Gasteiger partial charge in [-0.15, -0.1) is 0 Å². The summed E-state index contributed by atoms with van der Waals surface area (Å²) in [5, 5.41) is 4.72. The van der Waals surface area contributed by atoms with E-state index in [1.54, 1.807) is 0 Å². The molecule has 0 fully saturated rings. The number of methoxy groups -OCH3 is 1. The van der Waals surface area contributed by atoms with Crippen LogP contribution in [0.2, 0.25) is 0 Å². The Morgan fingerprint density at radius 2 is 1.94 bits per heavy atom. The van der Waals surface area contributed by atoms with Crippen molar-refractivity contribution in [3.8, 4) is 0 Å². The van der Waals surface area contributed by atoms with Crippen LogP contribution in [0.4, 0.5) is 8.78 Å². The second-order valence-electron chi connectivity index (χ2n) is 2.80. The van der Waals surface area contributed by atoms with E-state index in [0.717, 1.165) is 7.11 Å². The molecule has 2 N–H and O–H groups in total. The molecule has 5 nitrogen and oxygen atoms in total. The normalized spacial score (nSPS) is 11.2. The lowest BCUT2D eigenvalue weighted by Gasteiger charge is -2.04. The van der Waals surface area contributed by atoms with Crippen molar-refractivity contribution in [1.82, 2.24) is 0 Å². The van der Waals surface area contributed by atoms with E-state index in [9.17, 15) is 22.0 Å². The first-order valence-electron chi connectivity index (χ1n) is 3.87. The number of carbonyl (C=O) groups excluding carboxylic acids is 1. The molecule has 0 aliphatic rings. The Morgan fingerprint density at radius 3 is 2.38 bits per heavy atom. The van der Waals surface area contributed by atoms with Crippen molar-refractivity contribution in [3.63, 3.8) is 0 Å². The molecule has 0 radical (unpaired) electrons. The predicted octanol–water partition coefficient (Wildman–Crippen LogP) is 0.399. The van der Waals surface area contributed by atoms with E-state index in [0.29, 0.717) is 12.1 Å². The summed E-state index contributed by atoms with van der Waals surface area (Å²) in [4.78, 5) is 10.3. The van der Waals surface area contributed by atoms with Gasteiger partial charge < -0.3 is 4.74 Å².